The monoisotopic (exact) mass is 344 g/mol. The van der Waals surface area contributed by atoms with Gasteiger partial charge in [-0.15, -0.1) is 0 Å². The first-order chi connectivity index (χ1) is 12.3. The van der Waals surface area contributed by atoms with Gasteiger partial charge in [-0.2, -0.15) is 0 Å². The highest BCUT2D eigenvalue weighted by Gasteiger charge is 2.13. The number of nitrogens with zero attached hydrogens (tertiary/aromatic N) is 2. The Morgan fingerprint density at radius 2 is 1.88 bits per heavy atom. The van der Waals surface area contributed by atoms with Crippen molar-refractivity contribution in [1.82, 2.24) is 15.4 Å². The van der Waals surface area contributed by atoms with E-state index in [0.717, 1.165) is 0 Å². The Bertz CT molecular complexity index is 601. The summed E-state index contributed by atoms with van der Waals surface area (Å²) in [6.45, 7) is 10.1. The van der Waals surface area contributed by atoms with Crippen LogP contribution in [0.4, 0.5) is 5.82 Å². The molecule has 6 nitrogen and oxygen atoms in total. The summed E-state index contributed by atoms with van der Waals surface area (Å²) in [7, 11) is 0. The van der Waals surface area contributed by atoms with Crippen molar-refractivity contribution >= 4 is 17.4 Å². The van der Waals surface area contributed by atoms with Crippen LogP contribution in [0.1, 0.15) is 40.2 Å². The Kier molecular flexibility index (Phi) is 13.0. The van der Waals surface area contributed by atoms with E-state index in [1.807, 2.05) is 39.8 Å². The number of anilines is 1. The molecule has 6 heteroatoms. The van der Waals surface area contributed by atoms with Crippen LogP contribution in [0.5, 0.6) is 0 Å². The van der Waals surface area contributed by atoms with E-state index in [9.17, 15) is 4.79 Å². The van der Waals surface area contributed by atoms with E-state index in [1.165, 1.54) is 6.20 Å². The maximum atomic E-state index is 12.0. The summed E-state index contributed by atoms with van der Waals surface area (Å²) in [5.74, 6) is 0.226. The molecule has 0 radical (unpaired) electrons. The molecule has 25 heavy (non-hydrogen) atoms. The fourth-order valence-electron chi connectivity index (χ4n) is 1.61. The van der Waals surface area contributed by atoms with Crippen molar-refractivity contribution in [2.24, 2.45) is 0 Å². The number of aromatic nitrogens is 2. The molecule has 2 aromatic heterocycles. The average Bonchev–Trinajstić information content (AvgIpc) is 2.70. The number of esters is 1. The molecule has 0 unspecified atom stereocenters. The number of rotatable bonds is 6. The number of hydrogen-bond acceptors (Lipinski definition) is 6. The molecule has 2 rings (SSSR count). The Labute approximate surface area is 150 Å². The number of ether oxygens (including phenoxy) is 1. The summed E-state index contributed by atoms with van der Waals surface area (Å²) in [6, 6.07) is 9.02. The normalized spacial score (nSPS) is 9.56. The standard InChI is InChI=1S/C15H16N4O2.2C2H6/c1-2-21-15(20)13(12-6-5-8-16-10-12)11-18-19-14-7-3-4-9-17-14;2*1-2/h3-11,18H,2H2,1H3,(H,17,19);2*1-2H3/b13-11-;;. The Hall–Kier alpha value is -2.89. The molecule has 0 fully saturated rings. The fourth-order valence-corrected chi connectivity index (χ4v) is 1.61. The van der Waals surface area contributed by atoms with Crippen molar-refractivity contribution in [2.75, 3.05) is 12.0 Å². The van der Waals surface area contributed by atoms with E-state index in [4.69, 9.17) is 4.74 Å². The van der Waals surface area contributed by atoms with Crippen LogP contribution in [-0.4, -0.2) is 22.5 Å². The van der Waals surface area contributed by atoms with Gasteiger partial charge in [-0.25, -0.2) is 9.78 Å². The van der Waals surface area contributed by atoms with Crippen LogP contribution in [0.25, 0.3) is 5.57 Å². The van der Waals surface area contributed by atoms with Gasteiger partial charge in [0, 0.05) is 30.4 Å². The second-order valence-corrected chi connectivity index (χ2v) is 4.00. The van der Waals surface area contributed by atoms with Crippen LogP contribution in [0.15, 0.2) is 55.1 Å². The molecule has 0 spiro atoms. The van der Waals surface area contributed by atoms with Crippen LogP contribution in [0.2, 0.25) is 0 Å². The first-order valence-corrected chi connectivity index (χ1v) is 8.51. The molecule has 0 bridgehead atoms. The van der Waals surface area contributed by atoms with Gasteiger partial charge in [0.1, 0.15) is 5.82 Å². The van der Waals surface area contributed by atoms with Crippen LogP contribution < -0.4 is 10.9 Å². The van der Waals surface area contributed by atoms with Gasteiger partial charge < -0.3 is 10.2 Å². The van der Waals surface area contributed by atoms with E-state index in [2.05, 4.69) is 20.8 Å². The molecular formula is C19H28N4O2. The second kappa shape index (κ2) is 14.7. The van der Waals surface area contributed by atoms with Crippen molar-refractivity contribution in [3.63, 3.8) is 0 Å². The number of nitrogens with one attached hydrogen (secondary N) is 2. The van der Waals surface area contributed by atoms with Gasteiger partial charge in [-0.3, -0.25) is 10.4 Å². The molecule has 2 N–H and O–H groups in total. The van der Waals surface area contributed by atoms with Crippen LogP contribution >= 0.6 is 0 Å². The fraction of sp³-hybridized carbons (Fsp3) is 0.316. The summed E-state index contributed by atoms with van der Waals surface area (Å²) in [6.07, 6.45) is 6.45. The van der Waals surface area contributed by atoms with Crippen molar-refractivity contribution in [2.45, 2.75) is 34.6 Å². The van der Waals surface area contributed by atoms with Crippen molar-refractivity contribution in [3.8, 4) is 0 Å². The quantitative estimate of drug-likeness (QED) is 0.468. The van der Waals surface area contributed by atoms with Gasteiger partial charge >= 0.3 is 5.97 Å². The molecule has 0 aromatic carbocycles. The summed E-state index contributed by atoms with van der Waals surface area (Å²) >= 11 is 0. The highest BCUT2D eigenvalue weighted by molar-refractivity contribution is 6.16. The molecule has 0 saturated carbocycles. The first-order valence-electron chi connectivity index (χ1n) is 8.51. The van der Waals surface area contributed by atoms with Crippen molar-refractivity contribution < 1.29 is 9.53 Å². The lowest BCUT2D eigenvalue weighted by molar-refractivity contribution is -0.136. The molecule has 0 aliphatic heterocycles. The third-order valence-electron chi connectivity index (χ3n) is 2.55. The lowest BCUT2D eigenvalue weighted by atomic mass is 10.1. The van der Waals surface area contributed by atoms with Crippen LogP contribution in [-0.2, 0) is 9.53 Å². The van der Waals surface area contributed by atoms with E-state index >= 15 is 0 Å². The molecular weight excluding hydrogens is 316 g/mol. The summed E-state index contributed by atoms with van der Waals surface area (Å²) < 4.78 is 5.04. The number of carbonyl (C=O) groups is 1. The Balaban J connectivity index is 0.00000134. The topological polar surface area (TPSA) is 76.1 Å². The van der Waals surface area contributed by atoms with Gasteiger partial charge in [0.05, 0.1) is 12.2 Å². The molecule has 2 heterocycles. The number of hydrogen-bond donors (Lipinski definition) is 2. The van der Waals surface area contributed by atoms with E-state index in [1.54, 1.807) is 43.7 Å². The van der Waals surface area contributed by atoms with Gasteiger partial charge in [0.25, 0.3) is 0 Å². The number of carbonyl (C=O) groups excluding carboxylic acids is 1. The molecule has 2 aromatic rings. The van der Waals surface area contributed by atoms with Gasteiger partial charge in [-0.1, -0.05) is 39.8 Å². The number of hydrazine groups is 1. The summed E-state index contributed by atoms with van der Waals surface area (Å²) in [5, 5.41) is 0. The average molecular weight is 344 g/mol. The third kappa shape index (κ3) is 8.50. The smallest absolute Gasteiger partial charge is 0.340 e. The first kappa shape index (κ1) is 22.1. The minimum absolute atomic E-state index is 0.310. The second-order valence-electron chi connectivity index (χ2n) is 4.00. The largest absolute Gasteiger partial charge is 0.462 e. The molecule has 0 atom stereocenters. The predicted octanol–water partition coefficient (Wildman–Crippen LogP) is 4.05. The zero-order chi connectivity index (χ0) is 18.9. The number of pyridine rings is 2. The molecule has 136 valence electrons. The van der Waals surface area contributed by atoms with Crippen LogP contribution in [0.3, 0.4) is 0 Å². The molecule has 0 aliphatic carbocycles. The third-order valence-corrected chi connectivity index (χ3v) is 2.55. The van der Waals surface area contributed by atoms with Gasteiger partial charge in [0.2, 0.25) is 0 Å². The maximum absolute atomic E-state index is 12.0. The van der Waals surface area contributed by atoms with Crippen LogP contribution in [0, 0.1) is 0 Å². The van der Waals surface area contributed by atoms with Crippen molar-refractivity contribution in [3.05, 3.63) is 60.7 Å². The lowest BCUT2D eigenvalue weighted by Gasteiger charge is -2.09. The lowest BCUT2D eigenvalue weighted by Crippen LogP contribution is -2.18. The van der Waals surface area contributed by atoms with Gasteiger partial charge in [0.15, 0.2) is 0 Å². The highest BCUT2D eigenvalue weighted by atomic mass is 16.5. The summed E-state index contributed by atoms with van der Waals surface area (Å²) in [4.78, 5) is 20.1. The zero-order valence-corrected chi connectivity index (χ0v) is 15.6. The molecule has 0 saturated heterocycles. The Morgan fingerprint density at radius 1 is 1.12 bits per heavy atom. The molecule has 0 aliphatic rings. The maximum Gasteiger partial charge on any atom is 0.340 e. The van der Waals surface area contributed by atoms with E-state index < -0.39 is 5.97 Å². The van der Waals surface area contributed by atoms with Gasteiger partial charge in [-0.05, 0) is 25.1 Å². The SMILES string of the molecule is CC.CC.CCOC(=O)/C(=C\NNc1ccccn1)c1cccnc1. The highest BCUT2D eigenvalue weighted by Crippen LogP contribution is 2.14. The predicted molar refractivity (Wildman–Crippen MR) is 103 cm³/mol. The van der Waals surface area contributed by atoms with E-state index in [-0.39, 0.29) is 0 Å². The summed E-state index contributed by atoms with van der Waals surface area (Å²) in [5.41, 5.74) is 6.77. The zero-order valence-electron chi connectivity index (χ0n) is 15.6. The van der Waals surface area contributed by atoms with E-state index in [0.29, 0.717) is 23.6 Å². The minimum Gasteiger partial charge on any atom is -0.462 e. The Morgan fingerprint density at radius 3 is 2.44 bits per heavy atom. The van der Waals surface area contributed by atoms with Crippen molar-refractivity contribution in [1.29, 1.82) is 0 Å². The molecule has 0 amide bonds. The minimum atomic E-state index is -0.416.